The number of benzene rings is 2. The minimum atomic E-state index is 0.587. The number of aryl methyl sites for hydroxylation is 2. The smallest absolute Gasteiger partial charge is 0.204 e. The Morgan fingerprint density at radius 1 is 1.00 bits per heavy atom. The third-order valence-electron chi connectivity index (χ3n) is 3.53. The molecule has 0 bridgehead atoms. The summed E-state index contributed by atoms with van der Waals surface area (Å²) in [6, 6.07) is 18.8. The summed E-state index contributed by atoms with van der Waals surface area (Å²) in [5.74, 6) is 0. The largest absolute Gasteiger partial charge is 0.285 e. The molecule has 0 fully saturated rings. The molecule has 0 radical (unpaired) electrons. The van der Waals surface area contributed by atoms with Crippen molar-refractivity contribution in [2.75, 3.05) is 0 Å². The molecule has 3 rings (SSSR count). The first-order valence-corrected chi connectivity index (χ1v) is 8.47. The van der Waals surface area contributed by atoms with Gasteiger partial charge in [0.1, 0.15) is 0 Å². The van der Waals surface area contributed by atoms with Crippen LogP contribution in [-0.2, 0) is 0 Å². The van der Waals surface area contributed by atoms with Gasteiger partial charge in [0.2, 0.25) is 4.77 Å². The minimum absolute atomic E-state index is 0.587. The third-order valence-corrected chi connectivity index (χ3v) is 4.48. The van der Waals surface area contributed by atoms with E-state index in [9.17, 15) is 0 Å². The van der Waals surface area contributed by atoms with Crippen molar-refractivity contribution in [1.82, 2.24) is 9.55 Å². The Morgan fingerprint density at radius 2 is 1.73 bits per heavy atom. The Kier molecular flexibility index (Phi) is 4.40. The van der Waals surface area contributed by atoms with Crippen molar-refractivity contribution in [3.05, 3.63) is 74.2 Å². The third kappa shape index (κ3) is 2.98. The van der Waals surface area contributed by atoms with Gasteiger partial charge in [-0.05, 0) is 78.0 Å². The van der Waals surface area contributed by atoms with Crippen LogP contribution in [0.15, 0.2) is 54.6 Å². The standard InChI is InChI=1S/C18H15IN2S/c1-12-8-9-15(19)11-16(12)21-17(10-13(2)20-18(21)22)14-6-4-3-5-7-14/h3-11H,1-2H3. The highest BCUT2D eigenvalue weighted by atomic mass is 127. The molecule has 1 aromatic heterocycles. The average molecular weight is 418 g/mol. The van der Waals surface area contributed by atoms with E-state index in [4.69, 9.17) is 12.2 Å². The number of hydrogen-bond acceptors (Lipinski definition) is 2. The zero-order valence-corrected chi connectivity index (χ0v) is 15.4. The maximum Gasteiger partial charge on any atom is 0.204 e. The number of rotatable bonds is 2. The first kappa shape index (κ1) is 15.4. The van der Waals surface area contributed by atoms with Crippen LogP contribution >= 0.6 is 34.8 Å². The fourth-order valence-corrected chi connectivity index (χ4v) is 3.29. The van der Waals surface area contributed by atoms with Gasteiger partial charge in [-0.3, -0.25) is 4.57 Å². The van der Waals surface area contributed by atoms with Crippen LogP contribution in [0.25, 0.3) is 16.9 Å². The zero-order chi connectivity index (χ0) is 15.7. The summed E-state index contributed by atoms with van der Waals surface area (Å²) in [4.78, 5) is 4.48. The molecule has 4 heteroatoms. The first-order valence-electron chi connectivity index (χ1n) is 6.99. The zero-order valence-electron chi connectivity index (χ0n) is 12.4. The lowest BCUT2D eigenvalue weighted by Crippen LogP contribution is -2.07. The van der Waals surface area contributed by atoms with Crippen molar-refractivity contribution in [2.45, 2.75) is 13.8 Å². The van der Waals surface area contributed by atoms with Crippen molar-refractivity contribution in [3.63, 3.8) is 0 Å². The van der Waals surface area contributed by atoms with Gasteiger partial charge in [-0.2, -0.15) is 0 Å². The van der Waals surface area contributed by atoms with Crippen molar-refractivity contribution in [3.8, 4) is 16.9 Å². The van der Waals surface area contributed by atoms with Crippen LogP contribution < -0.4 is 0 Å². The SMILES string of the molecule is Cc1cc(-c2ccccc2)n(-c2cc(I)ccc2C)c(=S)n1. The molecule has 3 aromatic rings. The van der Waals surface area contributed by atoms with Gasteiger partial charge in [-0.1, -0.05) is 36.4 Å². The molecule has 0 saturated heterocycles. The van der Waals surface area contributed by atoms with Crippen LogP contribution in [0, 0.1) is 22.2 Å². The first-order chi connectivity index (χ1) is 10.6. The van der Waals surface area contributed by atoms with Crippen LogP contribution in [0.1, 0.15) is 11.3 Å². The molecule has 2 aromatic carbocycles. The molecule has 0 aliphatic heterocycles. The van der Waals surface area contributed by atoms with Crippen LogP contribution in [0.5, 0.6) is 0 Å². The van der Waals surface area contributed by atoms with E-state index in [1.807, 2.05) is 25.1 Å². The highest BCUT2D eigenvalue weighted by molar-refractivity contribution is 14.1. The van der Waals surface area contributed by atoms with E-state index in [0.717, 1.165) is 22.6 Å². The summed E-state index contributed by atoms with van der Waals surface area (Å²) >= 11 is 7.89. The van der Waals surface area contributed by atoms with E-state index in [1.54, 1.807) is 0 Å². The van der Waals surface area contributed by atoms with Gasteiger partial charge in [0.15, 0.2) is 0 Å². The minimum Gasteiger partial charge on any atom is -0.285 e. The molecular formula is C18H15IN2S. The predicted molar refractivity (Wildman–Crippen MR) is 102 cm³/mol. The average Bonchev–Trinajstić information content (AvgIpc) is 2.50. The summed E-state index contributed by atoms with van der Waals surface area (Å²) < 4.78 is 3.83. The fraction of sp³-hybridized carbons (Fsp3) is 0.111. The Hall–Kier alpha value is -1.53. The molecular weight excluding hydrogens is 403 g/mol. The maximum atomic E-state index is 5.56. The predicted octanol–water partition coefficient (Wildman–Crippen LogP) is 5.49. The Morgan fingerprint density at radius 3 is 2.45 bits per heavy atom. The Labute approximate surface area is 149 Å². The Balaban J connectivity index is 2.37. The molecule has 0 atom stereocenters. The quantitative estimate of drug-likeness (QED) is 0.405. The topological polar surface area (TPSA) is 17.8 Å². The summed E-state index contributed by atoms with van der Waals surface area (Å²) in [7, 11) is 0. The number of halogens is 1. The van der Waals surface area contributed by atoms with Crippen molar-refractivity contribution < 1.29 is 0 Å². The van der Waals surface area contributed by atoms with Crippen molar-refractivity contribution in [2.24, 2.45) is 0 Å². The highest BCUT2D eigenvalue weighted by Gasteiger charge is 2.11. The molecule has 0 aliphatic rings. The van der Waals surface area contributed by atoms with E-state index in [1.165, 1.54) is 9.13 Å². The lowest BCUT2D eigenvalue weighted by atomic mass is 10.1. The van der Waals surface area contributed by atoms with Gasteiger partial charge in [0, 0.05) is 9.26 Å². The lowest BCUT2D eigenvalue weighted by molar-refractivity contribution is 0.934. The molecule has 110 valence electrons. The number of hydrogen-bond donors (Lipinski definition) is 0. The molecule has 22 heavy (non-hydrogen) atoms. The molecule has 0 unspecified atom stereocenters. The normalized spacial score (nSPS) is 10.7. The van der Waals surface area contributed by atoms with Gasteiger partial charge < -0.3 is 0 Å². The van der Waals surface area contributed by atoms with E-state index in [2.05, 4.69) is 75.5 Å². The van der Waals surface area contributed by atoms with Crippen LogP contribution in [0.4, 0.5) is 0 Å². The molecule has 0 N–H and O–H groups in total. The van der Waals surface area contributed by atoms with Crippen molar-refractivity contribution in [1.29, 1.82) is 0 Å². The van der Waals surface area contributed by atoms with Crippen LogP contribution in [0.2, 0.25) is 0 Å². The monoisotopic (exact) mass is 418 g/mol. The number of nitrogens with zero attached hydrogens (tertiary/aromatic N) is 2. The molecule has 1 heterocycles. The second-order valence-corrected chi connectivity index (χ2v) is 6.81. The summed E-state index contributed by atoms with van der Waals surface area (Å²) in [6.07, 6.45) is 0. The van der Waals surface area contributed by atoms with Gasteiger partial charge in [0.05, 0.1) is 11.4 Å². The van der Waals surface area contributed by atoms with E-state index in [0.29, 0.717) is 4.77 Å². The van der Waals surface area contributed by atoms with Gasteiger partial charge in [-0.15, -0.1) is 0 Å². The lowest BCUT2D eigenvalue weighted by Gasteiger charge is -2.17. The summed E-state index contributed by atoms with van der Waals surface area (Å²) in [5.41, 5.74) is 5.41. The van der Waals surface area contributed by atoms with E-state index in [-0.39, 0.29) is 0 Å². The molecule has 0 spiro atoms. The highest BCUT2D eigenvalue weighted by Crippen LogP contribution is 2.26. The van der Waals surface area contributed by atoms with Gasteiger partial charge in [0.25, 0.3) is 0 Å². The van der Waals surface area contributed by atoms with Crippen LogP contribution in [-0.4, -0.2) is 9.55 Å². The summed E-state index contributed by atoms with van der Waals surface area (Å²) in [5, 5.41) is 0. The van der Waals surface area contributed by atoms with Crippen molar-refractivity contribution >= 4 is 34.8 Å². The molecule has 0 amide bonds. The Bertz CT molecular complexity index is 885. The van der Waals surface area contributed by atoms with E-state index < -0.39 is 0 Å². The maximum absolute atomic E-state index is 5.56. The second-order valence-electron chi connectivity index (χ2n) is 5.20. The molecule has 0 saturated carbocycles. The van der Waals surface area contributed by atoms with E-state index >= 15 is 0 Å². The molecule has 2 nitrogen and oxygen atoms in total. The van der Waals surface area contributed by atoms with Gasteiger partial charge >= 0.3 is 0 Å². The molecule has 0 aliphatic carbocycles. The number of aromatic nitrogens is 2. The van der Waals surface area contributed by atoms with Crippen LogP contribution in [0.3, 0.4) is 0 Å². The van der Waals surface area contributed by atoms with Gasteiger partial charge in [-0.25, -0.2) is 4.98 Å². The summed E-state index contributed by atoms with van der Waals surface area (Å²) in [6.45, 7) is 4.08. The second kappa shape index (κ2) is 6.30. The fourth-order valence-electron chi connectivity index (χ4n) is 2.48.